The fourth-order valence-electron chi connectivity index (χ4n) is 3.36. The Bertz CT molecular complexity index is 590. The summed E-state index contributed by atoms with van der Waals surface area (Å²) in [5.74, 6) is -1.61. The number of aliphatic hydroxyl groups excluding tert-OH is 4. The lowest BCUT2D eigenvalue weighted by Gasteiger charge is -2.46. The Morgan fingerprint density at radius 3 is 2.65 bits per heavy atom. The molecule has 3 aliphatic heterocycles. The Kier molecular flexibility index (Phi) is 5.35. The SMILES string of the molecule is C=CC1C(OC2OC(CO)C(O)C(O)C2O)OC=C2C(=O)OCC[C@]21O. The van der Waals surface area contributed by atoms with Gasteiger partial charge in [0, 0.05) is 6.42 Å². The summed E-state index contributed by atoms with van der Waals surface area (Å²) in [7, 11) is 0. The van der Waals surface area contributed by atoms with Crippen LogP contribution in [0.2, 0.25) is 0 Å². The van der Waals surface area contributed by atoms with Crippen LogP contribution in [0.25, 0.3) is 0 Å². The Balaban J connectivity index is 1.81. The van der Waals surface area contributed by atoms with Gasteiger partial charge in [-0.05, 0) is 0 Å². The normalized spacial score (nSPS) is 45.8. The lowest BCUT2D eigenvalue weighted by Crippen LogP contribution is -2.61. The molecule has 0 aromatic heterocycles. The number of hydrogen-bond acceptors (Lipinski definition) is 10. The van der Waals surface area contributed by atoms with Crippen molar-refractivity contribution in [2.75, 3.05) is 13.2 Å². The summed E-state index contributed by atoms with van der Waals surface area (Å²) in [5.41, 5.74) is -1.70. The van der Waals surface area contributed by atoms with Crippen molar-refractivity contribution in [1.29, 1.82) is 0 Å². The lowest BCUT2D eigenvalue weighted by molar-refractivity contribution is -0.344. The van der Waals surface area contributed by atoms with E-state index in [1.165, 1.54) is 6.08 Å². The molecule has 0 spiro atoms. The van der Waals surface area contributed by atoms with Crippen molar-refractivity contribution >= 4 is 5.97 Å². The fraction of sp³-hybridized carbons (Fsp3) is 0.688. The van der Waals surface area contributed by atoms with E-state index in [-0.39, 0.29) is 18.6 Å². The molecule has 8 atom stereocenters. The second-order valence-corrected chi connectivity index (χ2v) is 6.44. The predicted molar refractivity (Wildman–Crippen MR) is 82.0 cm³/mol. The van der Waals surface area contributed by atoms with Crippen LogP contribution in [0.15, 0.2) is 24.5 Å². The molecule has 3 rings (SSSR count). The number of carbonyl (C=O) groups is 1. The first-order valence-corrected chi connectivity index (χ1v) is 8.17. The van der Waals surface area contributed by atoms with Gasteiger partial charge in [-0.1, -0.05) is 6.08 Å². The summed E-state index contributed by atoms with van der Waals surface area (Å²) in [4.78, 5) is 11.8. The molecule has 26 heavy (non-hydrogen) atoms. The maximum atomic E-state index is 11.8. The van der Waals surface area contributed by atoms with Crippen molar-refractivity contribution < 1.29 is 49.3 Å². The Labute approximate surface area is 148 Å². The molecule has 0 amide bonds. The van der Waals surface area contributed by atoms with Crippen LogP contribution in [0.4, 0.5) is 0 Å². The average molecular weight is 374 g/mol. The number of carbonyl (C=O) groups excluding carboxylic acids is 1. The number of esters is 1. The van der Waals surface area contributed by atoms with Gasteiger partial charge in [-0.15, -0.1) is 6.58 Å². The summed E-state index contributed by atoms with van der Waals surface area (Å²) in [6, 6.07) is 0. The van der Waals surface area contributed by atoms with E-state index in [0.717, 1.165) is 6.26 Å². The first-order valence-electron chi connectivity index (χ1n) is 8.17. The van der Waals surface area contributed by atoms with E-state index < -0.39 is 61.1 Å². The van der Waals surface area contributed by atoms with Gasteiger partial charge in [-0.3, -0.25) is 0 Å². The van der Waals surface area contributed by atoms with Gasteiger partial charge in [0.05, 0.1) is 25.4 Å². The monoisotopic (exact) mass is 374 g/mol. The fourth-order valence-corrected chi connectivity index (χ4v) is 3.36. The Morgan fingerprint density at radius 1 is 1.27 bits per heavy atom. The highest BCUT2D eigenvalue weighted by atomic mass is 16.8. The third-order valence-corrected chi connectivity index (χ3v) is 4.94. The molecule has 2 fully saturated rings. The molecule has 0 aromatic carbocycles. The quantitative estimate of drug-likeness (QED) is 0.264. The molecule has 0 saturated carbocycles. The highest BCUT2D eigenvalue weighted by molar-refractivity contribution is 5.91. The molecule has 146 valence electrons. The first-order chi connectivity index (χ1) is 12.3. The van der Waals surface area contributed by atoms with Gasteiger partial charge in [0.1, 0.15) is 35.6 Å². The molecule has 3 heterocycles. The zero-order valence-electron chi connectivity index (χ0n) is 13.8. The smallest absolute Gasteiger partial charge is 0.340 e. The topological polar surface area (TPSA) is 155 Å². The summed E-state index contributed by atoms with van der Waals surface area (Å²) in [5, 5.41) is 49.9. The molecule has 0 aliphatic carbocycles. The van der Waals surface area contributed by atoms with E-state index in [2.05, 4.69) is 6.58 Å². The maximum absolute atomic E-state index is 11.8. The van der Waals surface area contributed by atoms with Crippen LogP contribution >= 0.6 is 0 Å². The predicted octanol–water partition coefficient (Wildman–Crippen LogP) is -2.48. The van der Waals surface area contributed by atoms with Gasteiger partial charge in [0.2, 0.25) is 6.29 Å². The van der Waals surface area contributed by atoms with Crippen molar-refractivity contribution in [3.05, 3.63) is 24.5 Å². The van der Waals surface area contributed by atoms with Gasteiger partial charge in [0.25, 0.3) is 0 Å². The van der Waals surface area contributed by atoms with E-state index in [1.807, 2.05) is 0 Å². The minimum atomic E-state index is -1.63. The molecular weight excluding hydrogens is 352 g/mol. The molecule has 10 nitrogen and oxygen atoms in total. The molecule has 5 N–H and O–H groups in total. The number of ether oxygens (including phenoxy) is 4. The summed E-state index contributed by atoms with van der Waals surface area (Å²) in [6.07, 6.45) is -6.10. The van der Waals surface area contributed by atoms with Crippen molar-refractivity contribution in [3.63, 3.8) is 0 Å². The second-order valence-electron chi connectivity index (χ2n) is 6.44. The van der Waals surface area contributed by atoms with E-state index in [4.69, 9.17) is 18.9 Å². The van der Waals surface area contributed by atoms with Gasteiger partial charge >= 0.3 is 5.97 Å². The van der Waals surface area contributed by atoms with Crippen LogP contribution in [0, 0.1) is 5.92 Å². The number of fused-ring (bicyclic) bond motifs is 1. The zero-order valence-corrected chi connectivity index (χ0v) is 13.8. The zero-order chi connectivity index (χ0) is 19.1. The van der Waals surface area contributed by atoms with Crippen LogP contribution in [-0.4, -0.2) is 87.3 Å². The minimum Gasteiger partial charge on any atom is -0.471 e. The highest BCUT2D eigenvalue weighted by Crippen LogP contribution is 2.42. The molecule has 10 heteroatoms. The largest absolute Gasteiger partial charge is 0.471 e. The molecule has 2 saturated heterocycles. The average Bonchev–Trinajstić information content (AvgIpc) is 2.61. The second kappa shape index (κ2) is 7.24. The van der Waals surface area contributed by atoms with E-state index >= 15 is 0 Å². The molecule has 3 aliphatic rings. The van der Waals surface area contributed by atoms with E-state index in [0.29, 0.717) is 0 Å². The summed E-state index contributed by atoms with van der Waals surface area (Å²) >= 11 is 0. The standard InChI is InChI=1S/C16H22O10/c1-2-7-14(24-6-8-13(21)23-4-3-16(7,8)22)26-15-12(20)11(19)10(18)9(5-17)25-15/h2,6-7,9-12,14-15,17-20,22H,1,3-5H2/t7?,9?,10?,11?,12?,14?,15?,16-/m1/s1. The Morgan fingerprint density at radius 2 is 2.00 bits per heavy atom. The third kappa shape index (κ3) is 3.03. The van der Waals surface area contributed by atoms with E-state index in [1.54, 1.807) is 0 Å². The van der Waals surface area contributed by atoms with Crippen LogP contribution in [0.3, 0.4) is 0 Å². The molecule has 7 unspecified atom stereocenters. The van der Waals surface area contributed by atoms with Crippen molar-refractivity contribution in [1.82, 2.24) is 0 Å². The summed E-state index contributed by atoms with van der Waals surface area (Å²) < 4.78 is 21.1. The number of cyclic esters (lactones) is 1. The Hall–Kier alpha value is -1.53. The molecule has 0 bridgehead atoms. The van der Waals surface area contributed by atoms with Gasteiger partial charge in [0.15, 0.2) is 6.29 Å². The van der Waals surface area contributed by atoms with Crippen LogP contribution < -0.4 is 0 Å². The molecular formula is C16H22O10. The van der Waals surface area contributed by atoms with Gasteiger partial charge in [-0.2, -0.15) is 0 Å². The highest BCUT2D eigenvalue weighted by Gasteiger charge is 2.54. The van der Waals surface area contributed by atoms with Crippen LogP contribution in [0.1, 0.15) is 6.42 Å². The van der Waals surface area contributed by atoms with Crippen molar-refractivity contribution in [2.45, 2.75) is 49.0 Å². The van der Waals surface area contributed by atoms with Crippen molar-refractivity contribution in [3.8, 4) is 0 Å². The minimum absolute atomic E-state index is 0.00375. The molecule has 0 aromatic rings. The van der Waals surface area contributed by atoms with Gasteiger partial charge in [-0.25, -0.2) is 4.79 Å². The first kappa shape index (κ1) is 19.2. The number of rotatable bonds is 4. The lowest BCUT2D eigenvalue weighted by atomic mass is 9.76. The van der Waals surface area contributed by atoms with Crippen LogP contribution in [-0.2, 0) is 23.7 Å². The van der Waals surface area contributed by atoms with Crippen LogP contribution in [0.5, 0.6) is 0 Å². The summed E-state index contributed by atoms with van der Waals surface area (Å²) in [6.45, 7) is 3.03. The number of aliphatic hydroxyl groups is 5. The van der Waals surface area contributed by atoms with Crippen molar-refractivity contribution in [2.24, 2.45) is 5.92 Å². The van der Waals surface area contributed by atoms with E-state index in [9.17, 15) is 30.3 Å². The molecule has 0 radical (unpaired) electrons. The third-order valence-electron chi connectivity index (χ3n) is 4.94. The number of hydrogen-bond donors (Lipinski definition) is 5. The maximum Gasteiger partial charge on any atom is 0.340 e. The van der Waals surface area contributed by atoms with Gasteiger partial charge < -0.3 is 44.5 Å².